The average Bonchev–Trinajstić information content (AvgIpc) is 2.32. The number of hydrogen-bond donors (Lipinski definition) is 1. The Labute approximate surface area is 104 Å². The number of piperazine rings is 1. The first-order chi connectivity index (χ1) is 8.29. The van der Waals surface area contributed by atoms with Crippen molar-refractivity contribution in [3.05, 3.63) is 29.8 Å². The van der Waals surface area contributed by atoms with Crippen molar-refractivity contribution in [3.8, 4) is 5.75 Å². The largest absolute Gasteiger partial charge is 0.494 e. The molecule has 1 unspecified atom stereocenters. The van der Waals surface area contributed by atoms with E-state index < -0.39 is 0 Å². The molecule has 1 N–H and O–H groups in total. The molecule has 0 aliphatic carbocycles. The highest BCUT2D eigenvalue weighted by Gasteiger charge is 2.17. The fraction of sp³-hybridized carbons (Fsp3) is 0.571. The summed E-state index contributed by atoms with van der Waals surface area (Å²) in [5, 5.41) is 3.57. The molecule has 1 aromatic rings. The monoisotopic (exact) mass is 234 g/mol. The van der Waals surface area contributed by atoms with Gasteiger partial charge in [-0.3, -0.25) is 0 Å². The van der Waals surface area contributed by atoms with Crippen LogP contribution in [-0.4, -0.2) is 44.2 Å². The summed E-state index contributed by atoms with van der Waals surface area (Å²) in [5.74, 6) is 1.03. The third kappa shape index (κ3) is 3.45. The molecule has 1 heterocycles. The van der Waals surface area contributed by atoms with E-state index >= 15 is 0 Å². The molecule has 3 heteroatoms. The predicted octanol–water partition coefficient (Wildman–Crippen LogP) is 1.53. The van der Waals surface area contributed by atoms with E-state index in [1.54, 1.807) is 0 Å². The second-order valence-corrected chi connectivity index (χ2v) is 4.66. The number of nitrogens with one attached hydrogen (secondary N) is 1. The number of ether oxygens (including phenoxy) is 1. The fourth-order valence-corrected chi connectivity index (χ4v) is 2.36. The Hall–Kier alpha value is -1.06. The Balaban J connectivity index is 2.01. The van der Waals surface area contributed by atoms with E-state index in [-0.39, 0.29) is 0 Å². The van der Waals surface area contributed by atoms with E-state index in [1.165, 1.54) is 5.56 Å². The van der Waals surface area contributed by atoms with E-state index in [4.69, 9.17) is 4.74 Å². The molecule has 0 saturated carbocycles. The molecule has 1 aromatic carbocycles. The van der Waals surface area contributed by atoms with Gasteiger partial charge in [0.05, 0.1) is 6.61 Å². The first kappa shape index (κ1) is 12.4. The lowest BCUT2D eigenvalue weighted by Gasteiger charge is -2.31. The second-order valence-electron chi connectivity index (χ2n) is 4.66. The van der Waals surface area contributed by atoms with Crippen molar-refractivity contribution in [1.29, 1.82) is 0 Å². The zero-order valence-corrected chi connectivity index (χ0v) is 10.8. The molecule has 0 amide bonds. The summed E-state index contributed by atoms with van der Waals surface area (Å²) in [6, 6.07) is 8.89. The van der Waals surface area contributed by atoms with Crippen molar-refractivity contribution in [2.45, 2.75) is 19.4 Å². The summed E-state index contributed by atoms with van der Waals surface area (Å²) in [5.41, 5.74) is 1.31. The van der Waals surface area contributed by atoms with Gasteiger partial charge in [-0.15, -0.1) is 0 Å². The number of para-hydroxylation sites is 1. The van der Waals surface area contributed by atoms with Gasteiger partial charge in [-0.05, 0) is 32.0 Å². The fourth-order valence-electron chi connectivity index (χ4n) is 2.36. The minimum Gasteiger partial charge on any atom is -0.494 e. The normalized spacial score (nSPS) is 21.4. The molecule has 1 atom stereocenters. The summed E-state index contributed by atoms with van der Waals surface area (Å²) >= 11 is 0. The molecule has 0 aromatic heterocycles. The molecule has 17 heavy (non-hydrogen) atoms. The Kier molecular flexibility index (Phi) is 4.40. The van der Waals surface area contributed by atoms with Crippen LogP contribution in [0.2, 0.25) is 0 Å². The zero-order valence-electron chi connectivity index (χ0n) is 10.8. The topological polar surface area (TPSA) is 24.5 Å². The molecule has 0 bridgehead atoms. The van der Waals surface area contributed by atoms with Crippen LogP contribution in [0.1, 0.15) is 12.5 Å². The van der Waals surface area contributed by atoms with E-state index in [0.717, 1.165) is 38.4 Å². The van der Waals surface area contributed by atoms with Crippen LogP contribution >= 0.6 is 0 Å². The van der Waals surface area contributed by atoms with Crippen molar-refractivity contribution >= 4 is 0 Å². The molecule has 94 valence electrons. The Morgan fingerprint density at radius 1 is 1.41 bits per heavy atom. The van der Waals surface area contributed by atoms with Crippen LogP contribution in [0.25, 0.3) is 0 Å². The van der Waals surface area contributed by atoms with Crippen LogP contribution in [0.4, 0.5) is 0 Å². The minimum absolute atomic E-state index is 0.537. The van der Waals surface area contributed by atoms with E-state index in [1.807, 2.05) is 13.0 Å². The first-order valence-corrected chi connectivity index (χ1v) is 6.42. The SMILES string of the molecule is CCOc1ccccc1CC1CN(C)CCN1. The molecule has 0 radical (unpaired) electrons. The van der Waals surface area contributed by atoms with Gasteiger partial charge in [0.1, 0.15) is 5.75 Å². The number of rotatable bonds is 4. The number of likely N-dealkylation sites (N-methyl/N-ethyl adjacent to an activating group) is 1. The summed E-state index contributed by atoms with van der Waals surface area (Å²) in [7, 11) is 2.18. The molecule has 0 spiro atoms. The lowest BCUT2D eigenvalue weighted by atomic mass is 10.0. The van der Waals surface area contributed by atoms with Gasteiger partial charge >= 0.3 is 0 Å². The van der Waals surface area contributed by atoms with E-state index in [0.29, 0.717) is 6.04 Å². The van der Waals surface area contributed by atoms with Gasteiger partial charge in [-0.2, -0.15) is 0 Å². The third-order valence-electron chi connectivity index (χ3n) is 3.20. The maximum absolute atomic E-state index is 5.66. The van der Waals surface area contributed by atoms with Crippen LogP contribution in [0, 0.1) is 0 Å². The van der Waals surface area contributed by atoms with Crippen molar-refractivity contribution < 1.29 is 4.74 Å². The zero-order chi connectivity index (χ0) is 12.1. The summed E-state index contributed by atoms with van der Waals surface area (Å²) in [6.07, 6.45) is 1.04. The van der Waals surface area contributed by atoms with Crippen LogP contribution in [0.5, 0.6) is 5.75 Å². The summed E-state index contributed by atoms with van der Waals surface area (Å²) < 4.78 is 5.66. The molecule has 1 fully saturated rings. The molecule has 3 nitrogen and oxygen atoms in total. The predicted molar refractivity (Wildman–Crippen MR) is 70.6 cm³/mol. The van der Waals surface area contributed by atoms with Crippen LogP contribution in [0.3, 0.4) is 0 Å². The Morgan fingerprint density at radius 3 is 3.00 bits per heavy atom. The maximum atomic E-state index is 5.66. The molecule has 1 saturated heterocycles. The smallest absolute Gasteiger partial charge is 0.122 e. The quantitative estimate of drug-likeness (QED) is 0.855. The van der Waals surface area contributed by atoms with Gasteiger partial charge in [0.25, 0.3) is 0 Å². The van der Waals surface area contributed by atoms with Crippen molar-refractivity contribution in [1.82, 2.24) is 10.2 Å². The maximum Gasteiger partial charge on any atom is 0.122 e. The third-order valence-corrected chi connectivity index (χ3v) is 3.20. The van der Waals surface area contributed by atoms with Gasteiger partial charge in [0.2, 0.25) is 0 Å². The number of hydrogen-bond acceptors (Lipinski definition) is 3. The van der Waals surface area contributed by atoms with Gasteiger partial charge in [0, 0.05) is 25.7 Å². The van der Waals surface area contributed by atoms with Gasteiger partial charge in [-0.1, -0.05) is 18.2 Å². The van der Waals surface area contributed by atoms with Crippen molar-refractivity contribution in [2.24, 2.45) is 0 Å². The van der Waals surface area contributed by atoms with Crippen LogP contribution in [-0.2, 0) is 6.42 Å². The highest BCUT2D eigenvalue weighted by atomic mass is 16.5. The van der Waals surface area contributed by atoms with Gasteiger partial charge in [0.15, 0.2) is 0 Å². The summed E-state index contributed by atoms with van der Waals surface area (Å²) in [4.78, 5) is 2.38. The lowest BCUT2D eigenvalue weighted by molar-refractivity contribution is 0.236. The Morgan fingerprint density at radius 2 is 2.24 bits per heavy atom. The minimum atomic E-state index is 0.537. The molecular formula is C14H22N2O. The first-order valence-electron chi connectivity index (χ1n) is 6.42. The van der Waals surface area contributed by atoms with Crippen molar-refractivity contribution in [2.75, 3.05) is 33.3 Å². The Bertz CT molecular complexity index is 354. The van der Waals surface area contributed by atoms with Crippen molar-refractivity contribution in [3.63, 3.8) is 0 Å². The van der Waals surface area contributed by atoms with E-state index in [9.17, 15) is 0 Å². The molecule has 1 aliphatic heterocycles. The number of benzene rings is 1. The molecular weight excluding hydrogens is 212 g/mol. The second kappa shape index (κ2) is 6.03. The highest BCUT2D eigenvalue weighted by molar-refractivity contribution is 5.34. The molecule has 1 aliphatic rings. The van der Waals surface area contributed by atoms with Crippen LogP contribution in [0.15, 0.2) is 24.3 Å². The highest BCUT2D eigenvalue weighted by Crippen LogP contribution is 2.20. The summed E-state index contributed by atoms with van der Waals surface area (Å²) in [6.45, 7) is 6.10. The van der Waals surface area contributed by atoms with Gasteiger partial charge < -0.3 is 15.0 Å². The van der Waals surface area contributed by atoms with Crippen LogP contribution < -0.4 is 10.1 Å². The molecule has 2 rings (SSSR count). The van der Waals surface area contributed by atoms with E-state index in [2.05, 4.69) is 35.5 Å². The average molecular weight is 234 g/mol. The van der Waals surface area contributed by atoms with Gasteiger partial charge in [-0.25, -0.2) is 0 Å². The lowest BCUT2D eigenvalue weighted by Crippen LogP contribution is -2.49. The number of nitrogens with zero attached hydrogens (tertiary/aromatic N) is 1. The standard InChI is InChI=1S/C14H22N2O/c1-3-17-14-7-5-4-6-12(14)10-13-11-16(2)9-8-15-13/h4-7,13,15H,3,8-11H2,1-2H3.